The van der Waals surface area contributed by atoms with Gasteiger partial charge in [0.05, 0.1) is 0 Å². The lowest BCUT2D eigenvalue weighted by atomic mass is 10.2. The third-order valence-corrected chi connectivity index (χ3v) is 4.03. The van der Waals surface area contributed by atoms with Crippen LogP contribution in [0, 0.1) is 0 Å². The number of halogens is 1. The van der Waals surface area contributed by atoms with Crippen LogP contribution in [0.4, 0.5) is 4.79 Å². The van der Waals surface area contributed by atoms with E-state index in [1.54, 1.807) is 11.8 Å². The summed E-state index contributed by atoms with van der Waals surface area (Å²) in [5.74, 6) is -0.336. The predicted octanol–water partition coefficient (Wildman–Crippen LogP) is 2.45. The molecule has 5 nitrogen and oxygen atoms in total. The summed E-state index contributed by atoms with van der Waals surface area (Å²) < 4.78 is 0.900. The van der Waals surface area contributed by atoms with Gasteiger partial charge in [0.2, 0.25) is 0 Å². The molecule has 0 spiro atoms. The fourth-order valence-corrected chi connectivity index (χ4v) is 2.42. The number of carboxylic acid groups (broad SMARTS) is 1. The summed E-state index contributed by atoms with van der Waals surface area (Å²) in [6, 6.07) is 6.19. The SMILES string of the molecule is CSCCC(NC(=O)NCc1ccccc1Br)C(=O)O. The van der Waals surface area contributed by atoms with Crippen molar-refractivity contribution in [2.75, 3.05) is 12.0 Å². The van der Waals surface area contributed by atoms with Crippen LogP contribution in [0.2, 0.25) is 0 Å². The first-order chi connectivity index (χ1) is 9.54. The number of thioether (sulfide) groups is 1. The normalized spacial score (nSPS) is 11.7. The van der Waals surface area contributed by atoms with Crippen molar-refractivity contribution in [3.8, 4) is 0 Å². The number of nitrogens with one attached hydrogen (secondary N) is 2. The van der Waals surface area contributed by atoms with Crippen molar-refractivity contribution in [2.45, 2.75) is 19.0 Å². The van der Waals surface area contributed by atoms with Gasteiger partial charge in [-0.25, -0.2) is 9.59 Å². The van der Waals surface area contributed by atoms with Crippen LogP contribution in [-0.2, 0) is 11.3 Å². The van der Waals surface area contributed by atoms with Gasteiger partial charge < -0.3 is 15.7 Å². The van der Waals surface area contributed by atoms with E-state index in [4.69, 9.17) is 5.11 Å². The van der Waals surface area contributed by atoms with Gasteiger partial charge in [0, 0.05) is 11.0 Å². The first kappa shape index (κ1) is 16.8. The Labute approximate surface area is 130 Å². The molecule has 1 aromatic rings. The van der Waals surface area contributed by atoms with Crippen LogP contribution in [0.3, 0.4) is 0 Å². The minimum atomic E-state index is -1.02. The summed E-state index contributed by atoms with van der Waals surface area (Å²) in [6.45, 7) is 0.335. The lowest BCUT2D eigenvalue weighted by Crippen LogP contribution is -2.46. The Balaban J connectivity index is 2.46. The van der Waals surface area contributed by atoms with E-state index in [2.05, 4.69) is 26.6 Å². The van der Waals surface area contributed by atoms with Gasteiger partial charge in [-0.1, -0.05) is 34.1 Å². The molecule has 0 aliphatic rings. The number of aliphatic carboxylic acids is 1. The van der Waals surface area contributed by atoms with E-state index in [-0.39, 0.29) is 0 Å². The van der Waals surface area contributed by atoms with Crippen molar-refractivity contribution in [2.24, 2.45) is 0 Å². The summed E-state index contributed by atoms with van der Waals surface area (Å²) >= 11 is 4.93. The Morgan fingerprint density at radius 2 is 2.10 bits per heavy atom. The van der Waals surface area contributed by atoms with Crippen LogP contribution in [0.1, 0.15) is 12.0 Å². The van der Waals surface area contributed by atoms with Gasteiger partial charge in [-0.2, -0.15) is 11.8 Å². The fourth-order valence-electron chi connectivity index (χ4n) is 1.52. The maximum atomic E-state index is 11.7. The van der Waals surface area contributed by atoms with E-state index in [1.165, 1.54) is 0 Å². The van der Waals surface area contributed by atoms with Gasteiger partial charge in [0.15, 0.2) is 0 Å². The summed E-state index contributed by atoms with van der Waals surface area (Å²) in [5.41, 5.74) is 0.929. The van der Waals surface area contributed by atoms with Crippen LogP contribution in [0.15, 0.2) is 28.7 Å². The van der Waals surface area contributed by atoms with Crippen molar-refractivity contribution in [1.82, 2.24) is 10.6 Å². The second kappa shape index (κ2) is 8.86. The Bertz CT molecular complexity index is 471. The topological polar surface area (TPSA) is 78.4 Å². The zero-order chi connectivity index (χ0) is 15.0. The average Bonchev–Trinajstić information content (AvgIpc) is 2.42. The van der Waals surface area contributed by atoms with Crippen molar-refractivity contribution < 1.29 is 14.7 Å². The van der Waals surface area contributed by atoms with E-state index < -0.39 is 18.0 Å². The minimum Gasteiger partial charge on any atom is -0.480 e. The van der Waals surface area contributed by atoms with E-state index in [0.717, 1.165) is 10.0 Å². The summed E-state index contributed by atoms with van der Waals surface area (Å²) in [5, 5.41) is 14.1. The lowest BCUT2D eigenvalue weighted by molar-refractivity contribution is -0.139. The predicted molar refractivity (Wildman–Crippen MR) is 83.9 cm³/mol. The number of rotatable bonds is 7. The molecule has 7 heteroatoms. The Hall–Kier alpha value is -1.21. The molecule has 0 heterocycles. The molecule has 0 aliphatic carbocycles. The van der Waals surface area contributed by atoms with Gasteiger partial charge >= 0.3 is 12.0 Å². The number of hydrogen-bond acceptors (Lipinski definition) is 3. The van der Waals surface area contributed by atoms with Crippen LogP contribution in [0.5, 0.6) is 0 Å². The molecular weight excluding hydrogens is 344 g/mol. The third kappa shape index (κ3) is 5.83. The van der Waals surface area contributed by atoms with Crippen molar-refractivity contribution in [3.63, 3.8) is 0 Å². The van der Waals surface area contributed by atoms with Gasteiger partial charge in [0.25, 0.3) is 0 Å². The molecule has 110 valence electrons. The van der Waals surface area contributed by atoms with E-state index in [0.29, 0.717) is 18.7 Å². The smallest absolute Gasteiger partial charge is 0.326 e. The van der Waals surface area contributed by atoms with E-state index in [9.17, 15) is 9.59 Å². The number of urea groups is 1. The molecule has 0 aromatic heterocycles. The second-order valence-electron chi connectivity index (χ2n) is 4.09. The molecule has 1 rings (SSSR count). The molecule has 3 N–H and O–H groups in total. The van der Waals surface area contributed by atoms with Crippen molar-refractivity contribution in [3.05, 3.63) is 34.3 Å². The van der Waals surface area contributed by atoms with Gasteiger partial charge in [-0.05, 0) is 30.1 Å². The van der Waals surface area contributed by atoms with E-state index >= 15 is 0 Å². The Morgan fingerprint density at radius 3 is 2.70 bits per heavy atom. The monoisotopic (exact) mass is 360 g/mol. The van der Waals surface area contributed by atoms with Gasteiger partial charge in [-0.3, -0.25) is 0 Å². The molecule has 0 bridgehead atoms. The highest BCUT2D eigenvalue weighted by Crippen LogP contribution is 2.15. The zero-order valence-electron chi connectivity index (χ0n) is 11.1. The second-order valence-corrected chi connectivity index (χ2v) is 5.93. The van der Waals surface area contributed by atoms with Crippen molar-refractivity contribution >= 4 is 39.7 Å². The lowest BCUT2D eigenvalue weighted by Gasteiger charge is -2.15. The quantitative estimate of drug-likeness (QED) is 0.697. The highest BCUT2D eigenvalue weighted by Gasteiger charge is 2.19. The molecular formula is C13H17BrN2O3S. The first-order valence-electron chi connectivity index (χ1n) is 6.04. The minimum absolute atomic E-state index is 0.335. The summed E-state index contributed by atoms with van der Waals surface area (Å²) in [6.07, 6.45) is 2.30. The molecule has 1 atom stereocenters. The summed E-state index contributed by atoms with van der Waals surface area (Å²) in [4.78, 5) is 22.7. The van der Waals surface area contributed by atoms with Crippen LogP contribution in [0.25, 0.3) is 0 Å². The Morgan fingerprint density at radius 1 is 1.40 bits per heavy atom. The molecule has 0 aliphatic heterocycles. The van der Waals surface area contributed by atoms with Crippen molar-refractivity contribution in [1.29, 1.82) is 0 Å². The Kier molecular flexibility index (Phi) is 7.46. The number of carboxylic acids is 1. The largest absolute Gasteiger partial charge is 0.480 e. The number of hydrogen-bond donors (Lipinski definition) is 3. The molecule has 2 amide bonds. The van der Waals surface area contributed by atoms with Gasteiger partial charge in [0.1, 0.15) is 6.04 Å². The molecule has 0 saturated heterocycles. The first-order valence-corrected chi connectivity index (χ1v) is 8.22. The average molecular weight is 361 g/mol. The van der Waals surface area contributed by atoms with E-state index in [1.807, 2.05) is 30.5 Å². The fraction of sp³-hybridized carbons (Fsp3) is 0.385. The van der Waals surface area contributed by atoms with Crippen LogP contribution >= 0.6 is 27.7 Å². The number of benzene rings is 1. The molecule has 1 aromatic carbocycles. The molecule has 1 unspecified atom stereocenters. The third-order valence-electron chi connectivity index (χ3n) is 2.61. The maximum absolute atomic E-state index is 11.7. The molecule has 0 saturated carbocycles. The molecule has 20 heavy (non-hydrogen) atoms. The maximum Gasteiger partial charge on any atom is 0.326 e. The standard InChI is InChI=1S/C13H17BrN2O3S/c1-20-7-6-11(12(17)18)16-13(19)15-8-9-4-2-3-5-10(9)14/h2-5,11H,6-8H2,1H3,(H,17,18)(H2,15,16,19). The number of carbonyl (C=O) groups excluding carboxylic acids is 1. The number of carbonyl (C=O) groups is 2. The highest BCUT2D eigenvalue weighted by atomic mass is 79.9. The summed E-state index contributed by atoms with van der Waals surface area (Å²) in [7, 11) is 0. The number of amides is 2. The molecule has 0 radical (unpaired) electrons. The van der Waals surface area contributed by atoms with Gasteiger partial charge in [-0.15, -0.1) is 0 Å². The zero-order valence-corrected chi connectivity index (χ0v) is 13.5. The van der Waals surface area contributed by atoms with Crippen LogP contribution in [-0.4, -0.2) is 35.2 Å². The highest BCUT2D eigenvalue weighted by molar-refractivity contribution is 9.10. The molecule has 0 fully saturated rings. The van der Waals surface area contributed by atoms with Crippen LogP contribution < -0.4 is 10.6 Å².